The molecule has 1 atom stereocenters. The fourth-order valence-electron chi connectivity index (χ4n) is 2.02. The van der Waals surface area contributed by atoms with E-state index >= 15 is 0 Å². The first-order valence-corrected chi connectivity index (χ1v) is 7.73. The summed E-state index contributed by atoms with van der Waals surface area (Å²) in [6, 6.07) is 15.2. The lowest BCUT2D eigenvalue weighted by Crippen LogP contribution is -2.27. The molecular weight excluding hydrogens is 359 g/mol. The number of amides is 1. The van der Waals surface area contributed by atoms with Gasteiger partial charge in [0.05, 0.1) is 6.04 Å². The topological polar surface area (TPSA) is 52.9 Å². The minimum absolute atomic E-state index is 0.0416. The molecule has 0 aromatic heterocycles. The number of halogens is 2. The molecule has 2 aromatic carbocycles. The van der Waals surface area contributed by atoms with Crippen LogP contribution in [0.1, 0.15) is 24.1 Å². The Bertz CT molecular complexity index is 781. The van der Waals surface area contributed by atoms with Crippen LogP contribution in [0.15, 0.2) is 58.6 Å². The Kier molecular flexibility index (Phi) is 5.67. The van der Waals surface area contributed by atoms with Gasteiger partial charge in [0.25, 0.3) is 5.91 Å². The molecule has 0 aliphatic rings. The molecule has 23 heavy (non-hydrogen) atoms. The van der Waals surface area contributed by atoms with E-state index in [1.807, 2.05) is 43.3 Å². The van der Waals surface area contributed by atoms with Crippen LogP contribution < -0.4 is 5.32 Å². The second-order valence-corrected chi connectivity index (χ2v) is 5.80. The van der Waals surface area contributed by atoms with E-state index in [0.717, 1.165) is 5.56 Å². The number of hydrogen-bond donors (Lipinski definition) is 1. The van der Waals surface area contributed by atoms with Crippen molar-refractivity contribution in [1.29, 1.82) is 5.26 Å². The summed E-state index contributed by atoms with van der Waals surface area (Å²) in [5.74, 6) is -0.866. The largest absolute Gasteiger partial charge is 0.345 e. The van der Waals surface area contributed by atoms with Crippen molar-refractivity contribution >= 4 is 27.9 Å². The van der Waals surface area contributed by atoms with Crippen LogP contribution in [-0.4, -0.2) is 5.91 Å². The third-order valence-corrected chi connectivity index (χ3v) is 3.96. The fraction of sp³-hybridized carbons (Fsp3) is 0.111. The molecule has 0 spiro atoms. The lowest BCUT2D eigenvalue weighted by atomic mass is 10.1. The molecule has 1 unspecified atom stereocenters. The molecule has 0 bridgehead atoms. The number of nitrogens with one attached hydrogen (secondary N) is 1. The number of hydrogen-bond acceptors (Lipinski definition) is 2. The first kappa shape index (κ1) is 16.9. The number of carbonyl (C=O) groups excluding carboxylic acids is 1. The smallest absolute Gasteiger partial charge is 0.262 e. The molecule has 3 nitrogen and oxygen atoms in total. The van der Waals surface area contributed by atoms with E-state index in [9.17, 15) is 14.4 Å². The standard InChI is InChI=1S/C18H14BrFN2O/c1-12(13-5-3-2-4-6-13)22-18(23)15(11-21)9-14-7-8-16(20)10-17(14)19/h2-10,12H,1H3,(H,22,23)/b15-9-. The number of benzene rings is 2. The van der Waals surface area contributed by atoms with Crippen molar-refractivity contribution in [2.24, 2.45) is 0 Å². The molecule has 0 fully saturated rings. The van der Waals surface area contributed by atoms with E-state index in [2.05, 4.69) is 21.2 Å². The van der Waals surface area contributed by atoms with E-state index in [-0.39, 0.29) is 11.6 Å². The monoisotopic (exact) mass is 372 g/mol. The van der Waals surface area contributed by atoms with Gasteiger partial charge in [0.2, 0.25) is 0 Å². The van der Waals surface area contributed by atoms with Gasteiger partial charge in [-0.15, -0.1) is 0 Å². The second-order valence-electron chi connectivity index (χ2n) is 4.94. The molecule has 0 aliphatic heterocycles. The summed E-state index contributed by atoms with van der Waals surface area (Å²) in [5.41, 5.74) is 1.46. The zero-order valence-corrected chi connectivity index (χ0v) is 14.0. The Hall–Kier alpha value is -2.45. The lowest BCUT2D eigenvalue weighted by molar-refractivity contribution is -0.117. The molecule has 1 amide bonds. The first-order chi connectivity index (χ1) is 11.0. The second kappa shape index (κ2) is 7.70. The van der Waals surface area contributed by atoms with Gasteiger partial charge in [0, 0.05) is 4.47 Å². The Morgan fingerprint density at radius 2 is 2.00 bits per heavy atom. The van der Waals surface area contributed by atoms with E-state index < -0.39 is 11.7 Å². The van der Waals surface area contributed by atoms with Gasteiger partial charge >= 0.3 is 0 Å². The van der Waals surface area contributed by atoms with Crippen LogP contribution in [0.3, 0.4) is 0 Å². The van der Waals surface area contributed by atoms with E-state index in [1.54, 1.807) is 0 Å². The molecule has 0 heterocycles. The van der Waals surface area contributed by atoms with Crippen molar-refractivity contribution in [2.45, 2.75) is 13.0 Å². The highest BCUT2D eigenvalue weighted by atomic mass is 79.9. The van der Waals surface area contributed by atoms with Crippen molar-refractivity contribution in [3.63, 3.8) is 0 Å². The summed E-state index contributed by atoms with van der Waals surface area (Å²) in [7, 11) is 0. The highest BCUT2D eigenvalue weighted by Gasteiger charge is 2.14. The van der Waals surface area contributed by atoms with Crippen molar-refractivity contribution < 1.29 is 9.18 Å². The third-order valence-electron chi connectivity index (χ3n) is 3.27. The Morgan fingerprint density at radius 3 is 2.61 bits per heavy atom. The normalized spacial score (nSPS) is 12.3. The summed E-state index contributed by atoms with van der Waals surface area (Å²) in [6.45, 7) is 1.84. The summed E-state index contributed by atoms with van der Waals surface area (Å²) in [6.07, 6.45) is 1.43. The van der Waals surface area contributed by atoms with Gasteiger partial charge in [-0.25, -0.2) is 4.39 Å². The molecule has 0 radical (unpaired) electrons. The minimum atomic E-state index is -0.472. The number of nitrogens with zero attached hydrogens (tertiary/aromatic N) is 1. The van der Waals surface area contributed by atoms with Gasteiger partial charge in [-0.05, 0) is 36.3 Å². The minimum Gasteiger partial charge on any atom is -0.345 e. The molecule has 2 rings (SSSR count). The van der Waals surface area contributed by atoms with Crippen molar-refractivity contribution in [2.75, 3.05) is 0 Å². The van der Waals surface area contributed by atoms with Gasteiger partial charge in [-0.2, -0.15) is 5.26 Å². The van der Waals surface area contributed by atoms with Crippen LogP contribution in [0.5, 0.6) is 0 Å². The number of rotatable bonds is 4. The predicted molar refractivity (Wildman–Crippen MR) is 90.7 cm³/mol. The van der Waals surface area contributed by atoms with Crippen LogP contribution in [0.4, 0.5) is 4.39 Å². The number of carbonyl (C=O) groups is 1. The summed E-state index contributed by atoms with van der Waals surface area (Å²) >= 11 is 3.22. The maximum absolute atomic E-state index is 13.1. The molecule has 5 heteroatoms. The van der Waals surface area contributed by atoms with Crippen LogP contribution >= 0.6 is 15.9 Å². The van der Waals surface area contributed by atoms with Crippen molar-refractivity contribution in [3.8, 4) is 6.07 Å². The van der Waals surface area contributed by atoms with E-state index in [4.69, 9.17) is 0 Å². The molecule has 1 N–H and O–H groups in total. The third kappa shape index (κ3) is 4.51. The molecule has 0 saturated heterocycles. The summed E-state index contributed by atoms with van der Waals surface area (Å²) in [5, 5.41) is 12.0. The molecular formula is C18H14BrFN2O. The number of nitriles is 1. The Morgan fingerprint density at radius 1 is 1.30 bits per heavy atom. The SMILES string of the molecule is CC(NC(=O)/C(C#N)=C\c1ccc(F)cc1Br)c1ccccc1. The maximum atomic E-state index is 13.1. The Labute approximate surface area is 142 Å². The Balaban J connectivity index is 2.19. The van der Waals surface area contributed by atoms with E-state index in [1.165, 1.54) is 24.3 Å². The van der Waals surface area contributed by atoms with Gasteiger partial charge in [0.1, 0.15) is 17.5 Å². The lowest BCUT2D eigenvalue weighted by Gasteiger charge is -2.13. The highest BCUT2D eigenvalue weighted by Crippen LogP contribution is 2.21. The van der Waals surface area contributed by atoms with Gasteiger partial charge in [-0.3, -0.25) is 4.79 Å². The van der Waals surface area contributed by atoms with E-state index in [0.29, 0.717) is 10.0 Å². The van der Waals surface area contributed by atoms with Crippen LogP contribution in [0.25, 0.3) is 6.08 Å². The van der Waals surface area contributed by atoms with Crippen LogP contribution in [0, 0.1) is 17.1 Å². The summed E-state index contributed by atoms with van der Waals surface area (Å²) in [4.78, 5) is 12.2. The zero-order chi connectivity index (χ0) is 16.8. The van der Waals surface area contributed by atoms with Crippen LogP contribution in [0.2, 0.25) is 0 Å². The van der Waals surface area contributed by atoms with Crippen molar-refractivity contribution in [1.82, 2.24) is 5.32 Å². The predicted octanol–water partition coefficient (Wildman–Crippen LogP) is 4.37. The molecule has 0 saturated carbocycles. The first-order valence-electron chi connectivity index (χ1n) is 6.94. The fourth-order valence-corrected chi connectivity index (χ4v) is 2.49. The molecule has 2 aromatic rings. The van der Waals surface area contributed by atoms with Crippen molar-refractivity contribution in [3.05, 3.63) is 75.5 Å². The highest BCUT2D eigenvalue weighted by molar-refractivity contribution is 9.10. The van der Waals surface area contributed by atoms with Gasteiger partial charge in [0.15, 0.2) is 0 Å². The summed E-state index contributed by atoms with van der Waals surface area (Å²) < 4.78 is 13.6. The van der Waals surface area contributed by atoms with Gasteiger partial charge in [-0.1, -0.05) is 52.3 Å². The van der Waals surface area contributed by atoms with Crippen LogP contribution in [-0.2, 0) is 4.79 Å². The molecule has 116 valence electrons. The maximum Gasteiger partial charge on any atom is 0.262 e. The zero-order valence-electron chi connectivity index (χ0n) is 12.4. The molecule has 0 aliphatic carbocycles. The average molecular weight is 373 g/mol. The quantitative estimate of drug-likeness (QED) is 0.639. The van der Waals surface area contributed by atoms with Gasteiger partial charge < -0.3 is 5.32 Å². The average Bonchev–Trinajstić information content (AvgIpc) is 2.54.